The van der Waals surface area contributed by atoms with Crippen LogP contribution >= 0.6 is 0 Å². The third-order valence-corrected chi connectivity index (χ3v) is 4.68. The molecular weight excluding hydrogens is 354 g/mol. The molecule has 2 amide bonds. The van der Waals surface area contributed by atoms with Crippen LogP contribution < -0.4 is 0 Å². The summed E-state index contributed by atoms with van der Waals surface area (Å²) >= 11 is 0. The molecule has 1 aliphatic heterocycles. The maximum absolute atomic E-state index is 12.6. The normalized spacial score (nSPS) is 12.8. The molecule has 138 valence electrons. The Kier molecular flexibility index (Phi) is 4.72. The minimum Gasteiger partial charge on any atom is -0.440 e. The van der Waals surface area contributed by atoms with Gasteiger partial charge >= 0.3 is 5.97 Å². The Morgan fingerprint density at radius 2 is 1.32 bits per heavy atom. The van der Waals surface area contributed by atoms with Gasteiger partial charge in [0.25, 0.3) is 11.8 Å². The lowest BCUT2D eigenvalue weighted by molar-refractivity contribution is 0.0227. The topological polar surface area (TPSA) is 63.7 Å². The zero-order valence-corrected chi connectivity index (χ0v) is 15.0. The van der Waals surface area contributed by atoms with Gasteiger partial charge in [-0.25, -0.2) is 9.69 Å². The first kappa shape index (κ1) is 17.7. The first-order chi connectivity index (χ1) is 13.6. The largest absolute Gasteiger partial charge is 0.440 e. The predicted molar refractivity (Wildman–Crippen MR) is 103 cm³/mol. The number of rotatable bonds is 5. The molecule has 1 heterocycles. The number of fused-ring (bicyclic) bond motifs is 1. The van der Waals surface area contributed by atoms with E-state index in [1.807, 2.05) is 42.5 Å². The smallest absolute Gasteiger partial charge is 0.340 e. The third-order valence-electron chi connectivity index (χ3n) is 4.68. The maximum atomic E-state index is 12.6. The minimum absolute atomic E-state index is 0.327. The van der Waals surface area contributed by atoms with Crippen LogP contribution in [0.15, 0.2) is 78.9 Å². The molecule has 0 unspecified atom stereocenters. The van der Waals surface area contributed by atoms with Crippen molar-refractivity contribution in [3.63, 3.8) is 0 Å². The van der Waals surface area contributed by atoms with E-state index in [-0.39, 0.29) is 0 Å². The Morgan fingerprint density at radius 3 is 2.00 bits per heavy atom. The fourth-order valence-electron chi connectivity index (χ4n) is 3.25. The summed E-state index contributed by atoms with van der Waals surface area (Å²) in [6.07, 6.45) is 0.582. The first-order valence-corrected chi connectivity index (χ1v) is 8.89. The van der Waals surface area contributed by atoms with Crippen LogP contribution in [0.1, 0.15) is 42.2 Å². The molecule has 0 aliphatic carbocycles. The molecule has 0 aromatic heterocycles. The molecule has 0 saturated heterocycles. The van der Waals surface area contributed by atoms with Crippen LogP contribution in [0.4, 0.5) is 0 Å². The monoisotopic (exact) mass is 371 g/mol. The summed E-state index contributed by atoms with van der Waals surface area (Å²) in [5.41, 5.74) is 2.97. The summed E-state index contributed by atoms with van der Waals surface area (Å²) in [6, 6.07) is 23.5. The van der Waals surface area contributed by atoms with Crippen LogP contribution in [-0.2, 0) is 11.2 Å². The van der Waals surface area contributed by atoms with E-state index in [0.717, 1.165) is 16.0 Å². The van der Waals surface area contributed by atoms with E-state index >= 15 is 0 Å². The molecule has 0 N–H and O–H groups in total. The number of ether oxygens (including phenoxy) is 1. The predicted octanol–water partition coefficient (Wildman–Crippen LogP) is 3.69. The van der Waals surface area contributed by atoms with Crippen molar-refractivity contribution >= 4 is 17.8 Å². The summed E-state index contributed by atoms with van der Waals surface area (Å²) in [6.45, 7) is -0.412. The van der Waals surface area contributed by atoms with Gasteiger partial charge < -0.3 is 4.74 Å². The molecular formula is C23H17NO4. The van der Waals surface area contributed by atoms with Gasteiger partial charge in [0, 0.05) is 0 Å². The van der Waals surface area contributed by atoms with Crippen molar-refractivity contribution in [2.45, 2.75) is 6.42 Å². The molecule has 28 heavy (non-hydrogen) atoms. The summed E-state index contributed by atoms with van der Waals surface area (Å²) in [4.78, 5) is 38.3. The van der Waals surface area contributed by atoms with Gasteiger partial charge in [-0.05, 0) is 35.7 Å². The fourth-order valence-corrected chi connectivity index (χ4v) is 3.25. The van der Waals surface area contributed by atoms with Crippen molar-refractivity contribution in [2.24, 2.45) is 0 Å². The second-order valence-electron chi connectivity index (χ2n) is 6.46. The van der Waals surface area contributed by atoms with Crippen molar-refractivity contribution < 1.29 is 19.1 Å². The van der Waals surface area contributed by atoms with Crippen molar-refractivity contribution in [3.8, 4) is 0 Å². The van der Waals surface area contributed by atoms with Gasteiger partial charge in [0.1, 0.15) is 0 Å². The van der Waals surface area contributed by atoms with E-state index in [1.165, 1.54) is 0 Å². The van der Waals surface area contributed by atoms with Gasteiger partial charge in [0.2, 0.25) is 0 Å². The van der Waals surface area contributed by atoms with E-state index in [2.05, 4.69) is 0 Å². The van der Waals surface area contributed by atoms with Crippen molar-refractivity contribution in [3.05, 3.63) is 107 Å². The number of benzene rings is 3. The minimum atomic E-state index is -0.567. The van der Waals surface area contributed by atoms with Gasteiger partial charge in [-0.3, -0.25) is 9.59 Å². The molecule has 0 spiro atoms. The van der Waals surface area contributed by atoms with E-state index in [1.54, 1.807) is 36.4 Å². The molecule has 4 rings (SSSR count). The summed E-state index contributed by atoms with van der Waals surface area (Å²) in [5.74, 6) is -1.47. The highest BCUT2D eigenvalue weighted by Gasteiger charge is 2.35. The number of esters is 1. The summed E-state index contributed by atoms with van der Waals surface area (Å²) < 4.78 is 5.31. The van der Waals surface area contributed by atoms with Crippen LogP contribution in [0, 0.1) is 0 Å². The van der Waals surface area contributed by atoms with E-state index < -0.39 is 24.5 Å². The van der Waals surface area contributed by atoms with Gasteiger partial charge in [0.05, 0.1) is 16.7 Å². The number of hydrogen-bond donors (Lipinski definition) is 0. The lowest BCUT2D eigenvalue weighted by Crippen LogP contribution is -2.33. The molecule has 0 bridgehead atoms. The first-order valence-electron chi connectivity index (χ1n) is 8.89. The van der Waals surface area contributed by atoms with Crippen LogP contribution in [0.5, 0.6) is 0 Å². The lowest BCUT2D eigenvalue weighted by atomic mass is 10.00. The quantitative estimate of drug-likeness (QED) is 0.507. The van der Waals surface area contributed by atoms with E-state index in [4.69, 9.17) is 4.74 Å². The number of amides is 2. The average Bonchev–Trinajstić information content (AvgIpc) is 2.98. The fraction of sp³-hybridized carbons (Fsp3) is 0.0870. The van der Waals surface area contributed by atoms with Crippen molar-refractivity contribution in [1.29, 1.82) is 0 Å². The van der Waals surface area contributed by atoms with Crippen LogP contribution in [0.25, 0.3) is 0 Å². The van der Waals surface area contributed by atoms with Crippen molar-refractivity contribution in [1.82, 2.24) is 4.90 Å². The molecule has 3 aromatic carbocycles. The van der Waals surface area contributed by atoms with Crippen LogP contribution in [0.2, 0.25) is 0 Å². The van der Waals surface area contributed by atoms with Gasteiger partial charge in [0.15, 0.2) is 6.73 Å². The molecule has 0 saturated carbocycles. The number of imide groups is 1. The second-order valence-corrected chi connectivity index (χ2v) is 6.46. The number of carbonyl (C=O) groups is 3. The molecule has 5 nitrogen and oxygen atoms in total. The number of nitrogens with zero attached hydrogens (tertiary/aromatic N) is 1. The molecule has 0 fully saturated rings. The Labute approximate surface area is 162 Å². The van der Waals surface area contributed by atoms with E-state index in [9.17, 15) is 14.4 Å². The maximum Gasteiger partial charge on any atom is 0.340 e. The SMILES string of the molecule is O=C(OCN1C(=O)c2ccccc2C1=O)c1ccccc1Cc1ccccc1. The molecule has 0 radical (unpaired) electrons. The molecule has 3 aromatic rings. The standard InChI is InChI=1S/C23H17NO4/c25-21-19-12-6-7-13-20(19)22(26)24(21)15-28-23(27)18-11-5-4-10-17(18)14-16-8-2-1-3-9-16/h1-13H,14-15H2. The average molecular weight is 371 g/mol. The van der Waals surface area contributed by atoms with Crippen LogP contribution in [-0.4, -0.2) is 29.4 Å². The summed E-state index contributed by atoms with van der Waals surface area (Å²) in [5, 5.41) is 0. The Bertz CT molecular complexity index is 1020. The number of carbonyl (C=O) groups excluding carboxylic acids is 3. The molecule has 5 heteroatoms. The molecule has 1 aliphatic rings. The Morgan fingerprint density at radius 1 is 0.750 bits per heavy atom. The Balaban J connectivity index is 1.48. The zero-order valence-electron chi connectivity index (χ0n) is 15.0. The highest BCUT2D eigenvalue weighted by molar-refractivity contribution is 6.21. The third kappa shape index (κ3) is 3.30. The van der Waals surface area contributed by atoms with Gasteiger partial charge in [-0.15, -0.1) is 0 Å². The highest BCUT2D eigenvalue weighted by Crippen LogP contribution is 2.23. The van der Waals surface area contributed by atoms with Gasteiger partial charge in [-0.1, -0.05) is 60.7 Å². The zero-order chi connectivity index (χ0) is 19.5. The summed E-state index contributed by atoms with van der Waals surface area (Å²) in [7, 11) is 0. The number of hydrogen-bond acceptors (Lipinski definition) is 4. The van der Waals surface area contributed by atoms with Crippen LogP contribution in [0.3, 0.4) is 0 Å². The van der Waals surface area contributed by atoms with Crippen molar-refractivity contribution in [2.75, 3.05) is 6.73 Å². The van der Waals surface area contributed by atoms with E-state index in [0.29, 0.717) is 23.1 Å². The highest BCUT2D eigenvalue weighted by atomic mass is 16.5. The Hall–Kier alpha value is -3.73. The second kappa shape index (κ2) is 7.48. The van der Waals surface area contributed by atoms with Gasteiger partial charge in [-0.2, -0.15) is 0 Å². The molecule has 0 atom stereocenters. The lowest BCUT2D eigenvalue weighted by Gasteiger charge is -2.15.